The van der Waals surface area contributed by atoms with Gasteiger partial charge in [-0.25, -0.2) is 0 Å². The highest BCUT2D eigenvalue weighted by atomic mass is 16.3. The zero-order chi connectivity index (χ0) is 16.5. The third kappa shape index (κ3) is 5.28. The van der Waals surface area contributed by atoms with Crippen molar-refractivity contribution in [3.05, 3.63) is 48.6 Å². The molecule has 0 bridgehead atoms. The van der Waals surface area contributed by atoms with Gasteiger partial charge in [-0.2, -0.15) is 0 Å². The van der Waals surface area contributed by atoms with Crippen molar-refractivity contribution in [2.75, 3.05) is 7.05 Å². The molecule has 1 aromatic carbocycles. The van der Waals surface area contributed by atoms with Gasteiger partial charge in [0.1, 0.15) is 0 Å². The largest absolute Gasteiger partial charge is 0.386 e. The monoisotopic (exact) mass is 304 g/mol. The number of hydrogen-bond acceptors (Lipinski definition) is 3. The minimum absolute atomic E-state index is 0.124. The van der Waals surface area contributed by atoms with Gasteiger partial charge in [0.15, 0.2) is 0 Å². The minimum Gasteiger partial charge on any atom is -0.386 e. The molecule has 22 heavy (non-hydrogen) atoms. The van der Waals surface area contributed by atoms with Crippen LogP contribution in [-0.2, 0) is 4.79 Å². The second-order valence-electron chi connectivity index (χ2n) is 5.72. The van der Waals surface area contributed by atoms with E-state index in [4.69, 9.17) is 5.73 Å². The second kappa shape index (κ2) is 9.38. The Morgan fingerprint density at radius 1 is 1.36 bits per heavy atom. The second-order valence-corrected chi connectivity index (χ2v) is 5.72. The lowest BCUT2D eigenvalue weighted by Gasteiger charge is -2.31. The number of nitrogens with two attached hydrogens (primary N) is 1. The minimum atomic E-state index is -0.719. The quantitative estimate of drug-likeness (QED) is 0.544. The van der Waals surface area contributed by atoms with Crippen molar-refractivity contribution >= 4 is 5.91 Å². The molecule has 0 aromatic heterocycles. The van der Waals surface area contributed by atoms with E-state index in [1.807, 2.05) is 43.3 Å². The third-order valence-electron chi connectivity index (χ3n) is 4.05. The number of rotatable bonds is 9. The van der Waals surface area contributed by atoms with E-state index in [2.05, 4.69) is 6.58 Å². The Kier molecular flexibility index (Phi) is 7.85. The van der Waals surface area contributed by atoms with Crippen molar-refractivity contribution in [3.63, 3.8) is 0 Å². The van der Waals surface area contributed by atoms with Crippen LogP contribution in [0, 0.1) is 0 Å². The van der Waals surface area contributed by atoms with E-state index in [0.29, 0.717) is 6.42 Å². The molecular weight excluding hydrogens is 276 g/mol. The number of unbranched alkanes of at least 4 members (excludes halogenated alkanes) is 2. The summed E-state index contributed by atoms with van der Waals surface area (Å²) in [6.07, 6.45) is 4.66. The molecule has 1 aromatic rings. The van der Waals surface area contributed by atoms with Crippen molar-refractivity contribution < 1.29 is 9.90 Å². The average Bonchev–Trinajstić information content (AvgIpc) is 2.56. The average molecular weight is 304 g/mol. The van der Waals surface area contributed by atoms with Gasteiger partial charge in [-0.15, -0.1) is 6.58 Å². The van der Waals surface area contributed by atoms with Gasteiger partial charge >= 0.3 is 0 Å². The third-order valence-corrected chi connectivity index (χ3v) is 4.05. The molecule has 0 spiro atoms. The summed E-state index contributed by atoms with van der Waals surface area (Å²) in [4.78, 5) is 13.9. The number of aliphatic hydroxyl groups excluding tert-OH is 1. The highest BCUT2D eigenvalue weighted by Gasteiger charge is 2.26. The SMILES string of the molecule is C=CCCCCC(N)C(=O)N(C)C(C)[C@H](O)c1ccccc1. The Balaban J connectivity index is 2.55. The van der Waals surface area contributed by atoms with Crippen molar-refractivity contribution in [3.8, 4) is 0 Å². The maximum atomic E-state index is 12.4. The first kappa shape index (κ1) is 18.4. The summed E-state index contributed by atoms with van der Waals surface area (Å²) in [5.41, 5.74) is 6.78. The van der Waals surface area contributed by atoms with Gasteiger partial charge < -0.3 is 15.7 Å². The van der Waals surface area contributed by atoms with Gasteiger partial charge in [0.25, 0.3) is 0 Å². The van der Waals surface area contributed by atoms with Crippen LogP contribution in [0.25, 0.3) is 0 Å². The van der Waals surface area contributed by atoms with Gasteiger partial charge in [0, 0.05) is 7.05 Å². The maximum Gasteiger partial charge on any atom is 0.239 e. The zero-order valence-corrected chi connectivity index (χ0v) is 13.6. The number of carbonyl (C=O) groups excluding carboxylic acids is 1. The molecule has 122 valence electrons. The lowest BCUT2D eigenvalue weighted by Crippen LogP contribution is -2.47. The van der Waals surface area contributed by atoms with E-state index < -0.39 is 12.1 Å². The number of aliphatic hydroxyl groups is 1. The molecule has 0 saturated carbocycles. The van der Waals surface area contributed by atoms with Gasteiger partial charge in [-0.3, -0.25) is 4.79 Å². The summed E-state index contributed by atoms with van der Waals surface area (Å²) in [7, 11) is 1.70. The summed E-state index contributed by atoms with van der Waals surface area (Å²) in [6, 6.07) is 8.52. The number of benzene rings is 1. The van der Waals surface area contributed by atoms with Crippen LogP contribution in [0.2, 0.25) is 0 Å². The first-order valence-electron chi connectivity index (χ1n) is 7.85. The van der Waals surface area contributed by atoms with Crippen LogP contribution in [0.15, 0.2) is 43.0 Å². The Bertz CT molecular complexity index is 461. The van der Waals surface area contributed by atoms with Crippen molar-refractivity contribution in [2.45, 2.75) is 50.8 Å². The molecule has 0 radical (unpaired) electrons. The number of amides is 1. The normalized spacial score (nSPS) is 14.9. The van der Waals surface area contributed by atoms with E-state index in [-0.39, 0.29) is 11.9 Å². The van der Waals surface area contributed by atoms with E-state index in [0.717, 1.165) is 24.8 Å². The molecule has 4 heteroatoms. The molecule has 0 fully saturated rings. The number of nitrogens with zero attached hydrogens (tertiary/aromatic N) is 1. The first-order chi connectivity index (χ1) is 10.5. The Morgan fingerprint density at radius 3 is 2.59 bits per heavy atom. The summed E-state index contributed by atoms with van der Waals surface area (Å²) >= 11 is 0. The van der Waals surface area contributed by atoms with E-state index in [1.54, 1.807) is 11.9 Å². The number of likely N-dealkylation sites (N-methyl/N-ethyl adjacent to an activating group) is 1. The number of allylic oxidation sites excluding steroid dienone is 1. The number of hydrogen-bond donors (Lipinski definition) is 2. The fourth-order valence-corrected chi connectivity index (χ4v) is 2.38. The Morgan fingerprint density at radius 2 is 2.00 bits per heavy atom. The molecule has 3 atom stereocenters. The molecular formula is C18H28N2O2. The molecule has 0 aliphatic rings. The Labute approximate surface area is 133 Å². The molecule has 0 aliphatic heterocycles. The van der Waals surface area contributed by atoms with Crippen LogP contribution in [0.3, 0.4) is 0 Å². The van der Waals surface area contributed by atoms with Crippen LogP contribution in [0.5, 0.6) is 0 Å². The van der Waals surface area contributed by atoms with Crippen LogP contribution in [-0.4, -0.2) is 35.0 Å². The summed E-state index contributed by atoms with van der Waals surface area (Å²) < 4.78 is 0. The van der Waals surface area contributed by atoms with E-state index >= 15 is 0 Å². The van der Waals surface area contributed by atoms with Gasteiger partial charge in [-0.05, 0) is 31.7 Å². The lowest BCUT2D eigenvalue weighted by molar-refractivity contribution is -0.135. The standard InChI is InChI=1S/C18H28N2O2/c1-4-5-6-10-13-16(19)18(22)20(3)14(2)17(21)15-11-8-7-9-12-15/h4,7-9,11-12,14,16-17,21H,1,5-6,10,13,19H2,2-3H3/t14?,16?,17-/m0/s1. The highest BCUT2D eigenvalue weighted by molar-refractivity contribution is 5.81. The smallest absolute Gasteiger partial charge is 0.239 e. The fraction of sp³-hybridized carbons (Fsp3) is 0.500. The fourth-order valence-electron chi connectivity index (χ4n) is 2.38. The van der Waals surface area contributed by atoms with E-state index in [1.165, 1.54) is 0 Å². The highest BCUT2D eigenvalue weighted by Crippen LogP contribution is 2.20. The Hall–Kier alpha value is -1.65. The molecule has 0 saturated heterocycles. The van der Waals surface area contributed by atoms with Crippen LogP contribution < -0.4 is 5.73 Å². The van der Waals surface area contributed by atoms with Crippen molar-refractivity contribution in [2.24, 2.45) is 5.73 Å². The summed E-state index contributed by atoms with van der Waals surface area (Å²) in [5, 5.41) is 10.4. The molecule has 1 rings (SSSR count). The van der Waals surface area contributed by atoms with Crippen LogP contribution in [0.1, 0.15) is 44.3 Å². The summed E-state index contributed by atoms with van der Waals surface area (Å²) in [5.74, 6) is -0.124. The molecule has 1 amide bonds. The lowest BCUT2D eigenvalue weighted by atomic mass is 10.0. The van der Waals surface area contributed by atoms with Crippen molar-refractivity contribution in [1.82, 2.24) is 4.90 Å². The predicted octanol–water partition coefficient (Wildman–Crippen LogP) is 2.64. The maximum absolute atomic E-state index is 12.4. The predicted molar refractivity (Wildman–Crippen MR) is 90.3 cm³/mol. The van der Waals surface area contributed by atoms with Gasteiger partial charge in [0.2, 0.25) is 5.91 Å². The molecule has 2 unspecified atom stereocenters. The molecule has 4 nitrogen and oxygen atoms in total. The molecule has 0 heterocycles. The topological polar surface area (TPSA) is 66.6 Å². The van der Waals surface area contributed by atoms with Gasteiger partial charge in [-0.1, -0.05) is 42.8 Å². The van der Waals surface area contributed by atoms with Gasteiger partial charge in [0.05, 0.1) is 18.2 Å². The summed E-state index contributed by atoms with van der Waals surface area (Å²) in [6.45, 7) is 5.51. The van der Waals surface area contributed by atoms with Crippen LogP contribution >= 0.6 is 0 Å². The molecule has 0 aliphatic carbocycles. The zero-order valence-electron chi connectivity index (χ0n) is 13.6. The van der Waals surface area contributed by atoms with Crippen LogP contribution in [0.4, 0.5) is 0 Å². The van der Waals surface area contributed by atoms with Crippen molar-refractivity contribution in [1.29, 1.82) is 0 Å². The van der Waals surface area contributed by atoms with E-state index in [9.17, 15) is 9.90 Å². The first-order valence-corrected chi connectivity index (χ1v) is 7.85. The molecule has 3 N–H and O–H groups in total. The number of carbonyl (C=O) groups is 1.